The van der Waals surface area contributed by atoms with E-state index < -0.39 is 11.6 Å². The molecule has 3 rings (SSSR count). The number of anilines is 1. The fraction of sp³-hybridized carbons (Fsp3) is 0.389. The topological polar surface area (TPSA) is 46.1 Å². The predicted molar refractivity (Wildman–Crippen MR) is 95.9 cm³/mol. The molecule has 134 valence electrons. The summed E-state index contributed by atoms with van der Waals surface area (Å²) in [6, 6.07) is 3.68. The van der Waals surface area contributed by atoms with E-state index in [1.54, 1.807) is 11.9 Å². The number of rotatable bonds is 5. The summed E-state index contributed by atoms with van der Waals surface area (Å²) in [6.45, 7) is 6.85. The molecular weight excluding hydrogens is 344 g/mol. The van der Waals surface area contributed by atoms with Gasteiger partial charge in [-0.05, 0) is 63.3 Å². The number of nitrogens with one attached hydrogen (secondary N) is 2. The molecule has 1 aliphatic rings. The van der Waals surface area contributed by atoms with Crippen molar-refractivity contribution in [2.24, 2.45) is 0 Å². The van der Waals surface area contributed by atoms with Crippen LogP contribution in [0.4, 0.5) is 14.5 Å². The highest BCUT2D eigenvalue weighted by Crippen LogP contribution is 2.35. The van der Waals surface area contributed by atoms with Gasteiger partial charge in [-0.3, -0.25) is 9.52 Å². The first-order valence-electron chi connectivity index (χ1n) is 8.29. The van der Waals surface area contributed by atoms with Gasteiger partial charge >= 0.3 is 0 Å². The molecule has 1 aromatic carbocycles. The summed E-state index contributed by atoms with van der Waals surface area (Å²) in [4.78, 5) is 13.8. The number of aromatic nitrogens is 1. The number of benzene rings is 1. The van der Waals surface area contributed by atoms with Crippen molar-refractivity contribution in [3.8, 4) is 0 Å². The number of nitrogens with zero attached hydrogens (tertiary/aromatic N) is 1. The second-order valence-electron chi connectivity index (χ2n) is 6.46. The van der Waals surface area contributed by atoms with Gasteiger partial charge in [0.25, 0.3) is 5.91 Å². The van der Waals surface area contributed by atoms with Crippen LogP contribution in [0.1, 0.15) is 42.0 Å². The third-order valence-corrected chi connectivity index (χ3v) is 5.47. The standard InChI is InChI=1S/C18H21F2N3OS/c1-10(2)22-25-17-11(3)16(23-8-4-5-15(17)23)18(24)21-12-6-7-13(19)14(20)9-12/h6-7,9-10,22H,4-5,8H2,1-3H3,(H,21,24). The van der Waals surface area contributed by atoms with Crippen LogP contribution >= 0.6 is 11.9 Å². The molecule has 0 aliphatic carbocycles. The van der Waals surface area contributed by atoms with Gasteiger partial charge in [0.05, 0.1) is 0 Å². The molecule has 0 saturated heterocycles. The van der Waals surface area contributed by atoms with Crippen molar-refractivity contribution in [3.63, 3.8) is 0 Å². The summed E-state index contributed by atoms with van der Waals surface area (Å²) in [5, 5.41) is 2.68. The summed E-state index contributed by atoms with van der Waals surface area (Å²) in [6.07, 6.45) is 1.93. The Morgan fingerprint density at radius 1 is 1.28 bits per heavy atom. The molecule has 0 saturated carbocycles. The molecule has 0 atom stereocenters. The molecule has 0 radical (unpaired) electrons. The second kappa shape index (κ2) is 7.17. The third kappa shape index (κ3) is 3.57. The van der Waals surface area contributed by atoms with E-state index in [1.807, 2.05) is 11.5 Å². The molecule has 0 unspecified atom stereocenters. The fourth-order valence-electron chi connectivity index (χ4n) is 3.05. The van der Waals surface area contributed by atoms with Crippen LogP contribution in [0.25, 0.3) is 0 Å². The second-order valence-corrected chi connectivity index (χ2v) is 7.31. The number of halogens is 2. The van der Waals surface area contributed by atoms with Crippen LogP contribution in [0.5, 0.6) is 0 Å². The molecule has 25 heavy (non-hydrogen) atoms. The van der Waals surface area contributed by atoms with E-state index in [4.69, 9.17) is 0 Å². The first-order valence-corrected chi connectivity index (χ1v) is 9.11. The maximum Gasteiger partial charge on any atom is 0.272 e. The van der Waals surface area contributed by atoms with E-state index >= 15 is 0 Å². The van der Waals surface area contributed by atoms with Gasteiger partial charge in [0, 0.05) is 34.9 Å². The molecule has 1 aromatic heterocycles. The maximum absolute atomic E-state index is 13.4. The number of fused-ring (bicyclic) bond motifs is 1. The van der Waals surface area contributed by atoms with Crippen molar-refractivity contribution in [3.05, 3.63) is 46.8 Å². The van der Waals surface area contributed by atoms with Gasteiger partial charge in [-0.1, -0.05) is 0 Å². The number of hydrogen-bond donors (Lipinski definition) is 2. The Bertz CT molecular complexity index is 817. The van der Waals surface area contributed by atoms with Gasteiger partial charge in [-0.15, -0.1) is 0 Å². The van der Waals surface area contributed by atoms with Crippen molar-refractivity contribution in [1.29, 1.82) is 0 Å². The van der Waals surface area contributed by atoms with Gasteiger partial charge in [0.2, 0.25) is 0 Å². The highest BCUT2D eigenvalue weighted by atomic mass is 32.2. The Balaban J connectivity index is 1.89. The highest BCUT2D eigenvalue weighted by molar-refractivity contribution is 7.97. The van der Waals surface area contributed by atoms with E-state index in [2.05, 4.69) is 23.9 Å². The van der Waals surface area contributed by atoms with Crippen LogP contribution < -0.4 is 10.0 Å². The van der Waals surface area contributed by atoms with Crippen LogP contribution in [-0.4, -0.2) is 16.5 Å². The fourth-order valence-corrected chi connectivity index (χ4v) is 3.99. The lowest BCUT2D eigenvalue weighted by atomic mass is 10.2. The average Bonchev–Trinajstić information content (AvgIpc) is 3.09. The van der Waals surface area contributed by atoms with Crippen LogP contribution in [-0.2, 0) is 13.0 Å². The van der Waals surface area contributed by atoms with E-state index in [0.717, 1.165) is 47.7 Å². The summed E-state index contributed by atoms with van der Waals surface area (Å²) in [7, 11) is 0. The van der Waals surface area contributed by atoms with Crippen molar-refractivity contribution in [2.75, 3.05) is 5.32 Å². The first kappa shape index (κ1) is 17.9. The molecule has 1 aliphatic heterocycles. The predicted octanol–water partition coefficient (Wildman–Crippen LogP) is 4.28. The lowest BCUT2D eigenvalue weighted by Gasteiger charge is -2.09. The van der Waals surface area contributed by atoms with Crippen molar-refractivity contribution >= 4 is 23.5 Å². The molecule has 0 spiro atoms. The molecule has 7 heteroatoms. The first-order chi connectivity index (χ1) is 11.9. The average molecular weight is 365 g/mol. The third-order valence-electron chi connectivity index (χ3n) is 4.14. The van der Waals surface area contributed by atoms with Gasteiger partial charge in [0.1, 0.15) is 5.69 Å². The zero-order valence-electron chi connectivity index (χ0n) is 14.5. The molecule has 0 fully saturated rings. The monoisotopic (exact) mass is 365 g/mol. The van der Waals surface area contributed by atoms with Gasteiger partial charge in [0.15, 0.2) is 11.6 Å². The normalized spacial score (nSPS) is 13.4. The summed E-state index contributed by atoms with van der Waals surface area (Å²) in [5.74, 6) is -2.22. The van der Waals surface area contributed by atoms with Crippen LogP contribution in [0.2, 0.25) is 0 Å². The molecule has 2 N–H and O–H groups in total. The van der Waals surface area contributed by atoms with E-state index in [9.17, 15) is 13.6 Å². The lowest BCUT2D eigenvalue weighted by Crippen LogP contribution is -2.18. The quantitative estimate of drug-likeness (QED) is 0.778. The van der Waals surface area contributed by atoms with Gasteiger partial charge in [-0.25, -0.2) is 8.78 Å². The minimum Gasteiger partial charge on any atom is -0.339 e. The number of hydrogen-bond acceptors (Lipinski definition) is 3. The number of carbonyl (C=O) groups excluding carboxylic acids is 1. The highest BCUT2D eigenvalue weighted by Gasteiger charge is 2.28. The minimum absolute atomic E-state index is 0.242. The summed E-state index contributed by atoms with van der Waals surface area (Å²) < 4.78 is 31.8. The largest absolute Gasteiger partial charge is 0.339 e. The SMILES string of the molecule is Cc1c(SNC(C)C)c2n(c1C(=O)Nc1ccc(F)c(F)c1)CCC2. The zero-order chi connectivity index (χ0) is 18.1. The molecule has 2 aromatic rings. The lowest BCUT2D eigenvalue weighted by molar-refractivity contribution is 0.101. The summed E-state index contributed by atoms with van der Waals surface area (Å²) in [5.41, 5.74) is 2.90. The van der Waals surface area contributed by atoms with Gasteiger partial charge in [-0.2, -0.15) is 0 Å². The van der Waals surface area contributed by atoms with Crippen LogP contribution in [0, 0.1) is 18.6 Å². The maximum atomic E-state index is 13.4. The van der Waals surface area contributed by atoms with Crippen molar-refractivity contribution < 1.29 is 13.6 Å². The van der Waals surface area contributed by atoms with Crippen LogP contribution in [0.3, 0.4) is 0 Å². The smallest absolute Gasteiger partial charge is 0.272 e. The Kier molecular flexibility index (Phi) is 5.15. The zero-order valence-corrected chi connectivity index (χ0v) is 15.3. The number of carbonyl (C=O) groups is 1. The Hall–Kier alpha value is -1.86. The summed E-state index contributed by atoms with van der Waals surface area (Å²) >= 11 is 1.55. The molecule has 0 bridgehead atoms. The van der Waals surface area contributed by atoms with Gasteiger partial charge < -0.3 is 9.88 Å². The Morgan fingerprint density at radius 2 is 2.04 bits per heavy atom. The molecular formula is C18H21F2N3OS. The van der Waals surface area contributed by atoms with E-state index in [0.29, 0.717) is 11.7 Å². The Labute approximate surface area is 150 Å². The van der Waals surface area contributed by atoms with Crippen LogP contribution in [0.15, 0.2) is 23.1 Å². The number of amides is 1. The van der Waals surface area contributed by atoms with Crippen molar-refractivity contribution in [1.82, 2.24) is 9.29 Å². The van der Waals surface area contributed by atoms with Crippen molar-refractivity contribution in [2.45, 2.75) is 51.1 Å². The molecule has 4 nitrogen and oxygen atoms in total. The molecule has 1 amide bonds. The molecule has 2 heterocycles. The van der Waals surface area contributed by atoms with E-state index in [1.165, 1.54) is 6.07 Å². The van der Waals surface area contributed by atoms with E-state index in [-0.39, 0.29) is 11.6 Å². The Morgan fingerprint density at radius 3 is 2.72 bits per heavy atom. The minimum atomic E-state index is -0.979.